The topological polar surface area (TPSA) is 54.1 Å². The summed E-state index contributed by atoms with van der Waals surface area (Å²) in [5.74, 6) is 0. The monoisotopic (exact) mass is 328 g/mol. The lowest BCUT2D eigenvalue weighted by Crippen LogP contribution is -2.49. The first kappa shape index (κ1) is 15.9. The number of hydrogen-bond acceptors (Lipinski definition) is 5. The molecule has 0 bridgehead atoms. The summed E-state index contributed by atoms with van der Waals surface area (Å²) in [6, 6.07) is 5.58. The maximum Gasteiger partial charge on any atom is 0.416 e. The summed E-state index contributed by atoms with van der Waals surface area (Å²) in [5.41, 5.74) is 5.70. The Hall–Kier alpha value is -1.96. The largest absolute Gasteiger partial charge is 0.459 e. The van der Waals surface area contributed by atoms with E-state index in [1.807, 2.05) is 0 Å². The number of rotatable bonds is 3. The lowest BCUT2D eigenvalue weighted by Gasteiger charge is -2.36. The van der Waals surface area contributed by atoms with Crippen molar-refractivity contribution >= 4 is 11.7 Å². The van der Waals surface area contributed by atoms with E-state index in [9.17, 15) is 13.2 Å². The van der Waals surface area contributed by atoms with Gasteiger partial charge in [-0.3, -0.25) is 4.90 Å². The number of piperazine rings is 1. The van der Waals surface area contributed by atoms with Crippen LogP contribution in [0.15, 0.2) is 29.3 Å². The van der Waals surface area contributed by atoms with E-state index in [1.165, 1.54) is 12.1 Å². The van der Waals surface area contributed by atoms with Gasteiger partial charge in [0.2, 0.25) is 0 Å². The minimum absolute atomic E-state index is 0.00705. The molecule has 5 nitrogen and oxygen atoms in total. The molecule has 2 aliphatic rings. The van der Waals surface area contributed by atoms with Crippen LogP contribution < -0.4 is 10.6 Å². The van der Waals surface area contributed by atoms with E-state index in [-0.39, 0.29) is 12.1 Å². The molecule has 126 valence electrons. The number of halogens is 3. The van der Waals surface area contributed by atoms with Gasteiger partial charge in [0, 0.05) is 38.4 Å². The maximum atomic E-state index is 12.6. The molecule has 0 spiro atoms. The zero-order chi connectivity index (χ0) is 16.4. The molecule has 2 aliphatic heterocycles. The molecule has 2 heterocycles. The third kappa shape index (κ3) is 3.87. The minimum Gasteiger partial charge on any atom is -0.459 e. The second-order valence-electron chi connectivity index (χ2n) is 5.75. The van der Waals surface area contributed by atoms with Gasteiger partial charge in [-0.05, 0) is 24.3 Å². The summed E-state index contributed by atoms with van der Waals surface area (Å²) in [4.78, 5) is 8.37. The molecule has 1 saturated heterocycles. The van der Waals surface area contributed by atoms with Gasteiger partial charge < -0.3 is 15.4 Å². The third-order valence-corrected chi connectivity index (χ3v) is 4.13. The van der Waals surface area contributed by atoms with E-state index < -0.39 is 11.7 Å². The van der Waals surface area contributed by atoms with Crippen LogP contribution >= 0.6 is 0 Å². The van der Waals surface area contributed by atoms with Crippen molar-refractivity contribution in [1.29, 1.82) is 0 Å². The van der Waals surface area contributed by atoms with Crippen LogP contribution in [0.4, 0.5) is 18.9 Å². The molecular formula is C15H19F3N4O. The maximum absolute atomic E-state index is 12.6. The molecule has 1 fully saturated rings. The molecule has 0 saturated carbocycles. The van der Waals surface area contributed by atoms with Crippen molar-refractivity contribution in [1.82, 2.24) is 4.90 Å². The van der Waals surface area contributed by atoms with Gasteiger partial charge in [0.05, 0.1) is 12.1 Å². The normalized spacial score (nSPS) is 22.8. The number of hydrogen-bond donors (Lipinski definition) is 1. The van der Waals surface area contributed by atoms with Crippen LogP contribution in [-0.2, 0) is 10.9 Å². The highest BCUT2D eigenvalue weighted by molar-refractivity contribution is 5.73. The highest BCUT2D eigenvalue weighted by atomic mass is 19.4. The molecule has 1 aromatic carbocycles. The second kappa shape index (κ2) is 6.27. The Morgan fingerprint density at radius 2 is 1.78 bits per heavy atom. The van der Waals surface area contributed by atoms with Crippen LogP contribution in [0.5, 0.6) is 0 Å². The summed E-state index contributed by atoms with van der Waals surface area (Å²) >= 11 is 0. The Kier molecular flexibility index (Phi) is 4.34. The van der Waals surface area contributed by atoms with E-state index in [0.717, 1.165) is 50.5 Å². The SMILES string of the molecule is NC1=NCC(CN2CCN(c3ccc(C(F)(F)F)cc3)CC2)O1. The van der Waals surface area contributed by atoms with Gasteiger partial charge in [-0.2, -0.15) is 13.2 Å². The number of nitrogens with two attached hydrogens (primary N) is 1. The van der Waals surface area contributed by atoms with Crippen molar-refractivity contribution in [3.05, 3.63) is 29.8 Å². The van der Waals surface area contributed by atoms with Crippen LogP contribution in [0.3, 0.4) is 0 Å². The van der Waals surface area contributed by atoms with Crippen LogP contribution in [0.1, 0.15) is 5.56 Å². The number of nitrogens with zero attached hydrogens (tertiary/aromatic N) is 3. The highest BCUT2D eigenvalue weighted by Crippen LogP contribution is 2.30. The van der Waals surface area contributed by atoms with Crippen molar-refractivity contribution in [2.45, 2.75) is 12.3 Å². The van der Waals surface area contributed by atoms with Crippen molar-refractivity contribution in [2.75, 3.05) is 44.2 Å². The van der Waals surface area contributed by atoms with E-state index >= 15 is 0 Å². The van der Waals surface area contributed by atoms with Crippen LogP contribution in [0.25, 0.3) is 0 Å². The Bertz CT molecular complexity index is 565. The molecule has 1 unspecified atom stereocenters. The number of anilines is 1. The number of benzene rings is 1. The number of alkyl halides is 3. The van der Waals surface area contributed by atoms with E-state index in [2.05, 4.69) is 14.8 Å². The van der Waals surface area contributed by atoms with Crippen molar-refractivity contribution < 1.29 is 17.9 Å². The van der Waals surface area contributed by atoms with E-state index in [1.54, 1.807) is 0 Å². The average molecular weight is 328 g/mol. The van der Waals surface area contributed by atoms with Crippen LogP contribution in [0.2, 0.25) is 0 Å². The zero-order valence-corrected chi connectivity index (χ0v) is 12.6. The van der Waals surface area contributed by atoms with Crippen LogP contribution in [-0.4, -0.2) is 56.3 Å². The smallest absolute Gasteiger partial charge is 0.416 e. The summed E-state index contributed by atoms with van der Waals surface area (Å²) < 4.78 is 43.1. The van der Waals surface area contributed by atoms with Crippen molar-refractivity contribution in [3.8, 4) is 0 Å². The molecule has 0 aliphatic carbocycles. The number of ether oxygens (including phenoxy) is 1. The first-order valence-corrected chi connectivity index (χ1v) is 7.53. The predicted octanol–water partition coefficient (Wildman–Crippen LogP) is 1.54. The van der Waals surface area contributed by atoms with Gasteiger partial charge in [0.1, 0.15) is 6.10 Å². The summed E-state index contributed by atoms with van der Waals surface area (Å²) in [6.45, 7) is 4.57. The van der Waals surface area contributed by atoms with Gasteiger partial charge in [-0.25, -0.2) is 4.99 Å². The summed E-state index contributed by atoms with van der Waals surface area (Å²) in [6.07, 6.45) is -4.28. The van der Waals surface area contributed by atoms with Gasteiger partial charge in [0.25, 0.3) is 6.02 Å². The lowest BCUT2D eigenvalue weighted by molar-refractivity contribution is -0.137. The Balaban J connectivity index is 1.51. The van der Waals surface area contributed by atoms with Crippen molar-refractivity contribution in [2.24, 2.45) is 10.7 Å². The first-order chi connectivity index (χ1) is 10.9. The quantitative estimate of drug-likeness (QED) is 0.914. The number of aliphatic imine (C=N–C) groups is 1. The second-order valence-corrected chi connectivity index (χ2v) is 5.75. The van der Waals surface area contributed by atoms with E-state index in [4.69, 9.17) is 10.5 Å². The minimum atomic E-state index is -4.29. The highest BCUT2D eigenvalue weighted by Gasteiger charge is 2.30. The summed E-state index contributed by atoms with van der Waals surface area (Å²) in [7, 11) is 0. The fraction of sp³-hybridized carbons (Fsp3) is 0.533. The summed E-state index contributed by atoms with van der Waals surface area (Å²) in [5, 5.41) is 0. The van der Waals surface area contributed by atoms with Gasteiger partial charge in [0.15, 0.2) is 0 Å². The molecule has 0 radical (unpaired) electrons. The standard InChI is InChI=1S/C15H19F3N4O/c16-15(17,18)11-1-3-12(4-2-11)22-7-5-21(6-8-22)10-13-9-20-14(19)23-13/h1-4,13H,5-10H2,(H2,19,20). The molecule has 1 atom stereocenters. The molecule has 3 rings (SSSR count). The first-order valence-electron chi connectivity index (χ1n) is 7.53. The molecule has 1 aromatic rings. The molecule has 8 heteroatoms. The Labute approximate surface area is 132 Å². The third-order valence-electron chi connectivity index (χ3n) is 4.13. The molecule has 0 aromatic heterocycles. The fourth-order valence-electron chi connectivity index (χ4n) is 2.87. The zero-order valence-electron chi connectivity index (χ0n) is 12.6. The Morgan fingerprint density at radius 1 is 1.13 bits per heavy atom. The number of amidine groups is 1. The fourth-order valence-corrected chi connectivity index (χ4v) is 2.87. The van der Waals surface area contributed by atoms with Gasteiger partial charge in [-0.15, -0.1) is 0 Å². The molecule has 23 heavy (non-hydrogen) atoms. The van der Waals surface area contributed by atoms with Gasteiger partial charge in [-0.1, -0.05) is 0 Å². The molecule has 0 amide bonds. The molecular weight excluding hydrogens is 309 g/mol. The Morgan fingerprint density at radius 3 is 2.30 bits per heavy atom. The van der Waals surface area contributed by atoms with Crippen LogP contribution in [0, 0.1) is 0 Å². The van der Waals surface area contributed by atoms with Gasteiger partial charge >= 0.3 is 6.18 Å². The van der Waals surface area contributed by atoms with E-state index in [0.29, 0.717) is 6.54 Å². The van der Waals surface area contributed by atoms with Crippen molar-refractivity contribution in [3.63, 3.8) is 0 Å². The predicted molar refractivity (Wildman–Crippen MR) is 81.5 cm³/mol. The lowest BCUT2D eigenvalue weighted by atomic mass is 10.1. The average Bonchev–Trinajstić information content (AvgIpc) is 2.92. The molecule has 2 N–H and O–H groups in total.